The van der Waals surface area contributed by atoms with Gasteiger partial charge in [0.1, 0.15) is 13.1 Å². The zero-order chi connectivity index (χ0) is 15.7. The first-order valence-electron chi connectivity index (χ1n) is 6.38. The number of aromatic nitrogens is 1. The first-order valence-corrected chi connectivity index (χ1v) is 6.38. The Morgan fingerprint density at radius 2 is 1.71 bits per heavy atom. The smallest absolute Gasteiger partial charge is 0.325 e. The zero-order valence-corrected chi connectivity index (χ0v) is 12.1. The molecule has 1 heterocycles. The molecule has 7 nitrogen and oxygen atoms in total. The van der Waals surface area contributed by atoms with Crippen molar-refractivity contribution in [3.8, 4) is 0 Å². The molecule has 0 fully saturated rings. The van der Waals surface area contributed by atoms with Crippen molar-refractivity contribution < 1.29 is 23.9 Å². The molecule has 0 aliphatic carbocycles. The molecule has 114 valence electrons. The normalized spacial score (nSPS) is 9.81. The van der Waals surface area contributed by atoms with Crippen molar-refractivity contribution in [2.45, 2.75) is 12.8 Å². The van der Waals surface area contributed by atoms with Gasteiger partial charge in [-0.3, -0.25) is 19.4 Å². The summed E-state index contributed by atoms with van der Waals surface area (Å²) in [5, 5.41) is 0. The molecule has 0 bridgehead atoms. The highest BCUT2D eigenvalue weighted by Crippen LogP contribution is 2.03. The highest BCUT2D eigenvalue weighted by atomic mass is 16.5. The van der Waals surface area contributed by atoms with Crippen LogP contribution in [0, 0.1) is 0 Å². The van der Waals surface area contributed by atoms with E-state index in [1.165, 1.54) is 14.2 Å². The van der Waals surface area contributed by atoms with E-state index in [1.54, 1.807) is 18.3 Å². The average molecular weight is 294 g/mol. The number of nitrogens with zero attached hydrogens (tertiary/aromatic N) is 2. The van der Waals surface area contributed by atoms with Crippen LogP contribution >= 0.6 is 0 Å². The zero-order valence-electron chi connectivity index (χ0n) is 12.1. The molecule has 0 N–H and O–H groups in total. The maximum atomic E-state index is 12.1. The monoisotopic (exact) mass is 294 g/mol. The van der Waals surface area contributed by atoms with Crippen LogP contribution in [-0.2, 0) is 30.3 Å². The van der Waals surface area contributed by atoms with Crippen LogP contribution in [0.25, 0.3) is 0 Å². The summed E-state index contributed by atoms with van der Waals surface area (Å²) < 4.78 is 9.02. The van der Waals surface area contributed by atoms with Crippen LogP contribution in [0.1, 0.15) is 12.1 Å². The van der Waals surface area contributed by atoms with E-state index in [0.29, 0.717) is 6.42 Å². The fourth-order valence-corrected chi connectivity index (χ4v) is 1.61. The van der Waals surface area contributed by atoms with Gasteiger partial charge in [-0.25, -0.2) is 0 Å². The minimum Gasteiger partial charge on any atom is -0.468 e. The van der Waals surface area contributed by atoms with Gasteiger partial charge < -0.3 is 14.4 Å². The lowest BCUT2D eigenvalue weighted by Crippen LogP contribution is -2.40. The summed E-state index contributed by atoms with van der Waals surface area (Å²) in [4.78, 5) is 39.9. The second-order valence-electron chi connectivity index (χ2n) is 4.22. The van der Waals surface area contributed by atoms with Crippen LogP contribution in [0.15, 0.2) is 24.4 Å². The Balaban J connectivity index is 2.61. The third-order valence-corrected chi connectivity index (χ3v) is 2.77. The molecule has 0 saturated carbocycles. The van der Waals surface area contributed by atoms with Crippen molar-refractivity contribution in [1.82, 2.24) is 9.88 Å². The van der Waals surface area contributed by atoms with Gasteiger partial charge in [0.25, 0.3) is 0 Å². The number of rotatable bonds is 7. The molecule has 21 heavy (non-hydrogen) atoms. The van der Waals surface area contributed by atoms with Crippen molar-refractivity contribution in [2.24, 2.45) is 0 Å². The Hall–Kier alpha value is -2.44. The molecule has 1 rings (SSSR count). The summed E-state index contributed by atoms with van der Waals surface area (Å²) in [5.41, 5.74) is 0.766. The number of hydrogen-bond donors (Lipinski definition) is 0. The van der Waals surface area contributed by atoms with Gasteiger partial charge in [-0.15, -0.1) is 0 Å². The minimum absolute atomic E-state index is 0.144. The van der Waals surface area contributed by atoms with Crippen molar-refractivity contribution in [3.63, 3.8) is 0 Å². The molecule has 7 heteroatoms. The van der Waals surface area contributed by atoms with Gasteiger partial charge in [0.05, 0.1) is 14.2 Å². The van der Waals surface area contributed by atoms with Crippen molar-refractivity contribution >= 4 is 17.8 Å². The number of carbonyl (C=O) groups is 3. The third kappa shape index (κ3) is 6.03. The number of amides is 1. The molecule has 0 aliphatic heterocycles. The second kappa shape index (κ2) is 8.68. The molecular formula is C14H18N2O5. The average Bonchev–Trinajstić information content (AvgIpc) is 2.52. The van der Waals surface area contributed by atoms with Crippen LogP contribution in [0.4, 0.5) is 0 Å². The Kier molecular flexibility index (Phi) is 6.86. The number of ether oxygens (including phenoxy) is 2. The summed E-state index contributed by atoms with van der Waals surface area (Å²) in [6, 6.07) is 5.41. The number of hydrogen-bond acceptors (Lipinski definition) is 6. The first kappa shape index (κ1) is 16.6. The Bertz CT molecular complexity index is 471. The lowest BCUT2D eigenvalue weighted by Gasteiger charge is -2.20. The molecule has 0 radical (unpaired) electrons. The highest BCUT2D eigenvalue weighted by molar-refractivity contribution is 5.86. The minimum atomic E-state index is -0.593. The van der Waals surface area contributed by atoms with E-state index < -0.39 is 11.9 Å². The number of pyridine rings is 1. The predicted octanol–water partition coefficient (Wildman–Crippen LogP) is 0.189. The summed E-state index contributed by atoms with van der Waals surface area (Å²) in [6.07, 6.45) is 2.21. The van der Waals surface area contributed by atoms with E-state index in [0.717, 1.165) is 10.6 Å². The molecule has 0 aromatic carbocycles. The largest absolute Gasteiger partial charge is 0.468 e. The topological polar surface area (TPSA) is 85.8 Å². The van der Waals surface area contributed by atoms with E-state index in [4.69, 9.17) is 0 Å². The molecule has 0 aliphatic rings. The van der Waals surface area contributed by atoms with Gasteiger partial charge in [-0.05, 0) is 18.6 Å². The van der Waals surface area contributed by atoms with Gasteiger partial charge in [-0.2, -0.15) is 0 Å². The molecule has 1 aromatic rings. The summed E-state index contributed by atoms with van der Waals surface area (Å²) in [5.74, 6) is -1.52. The number of methoxy groups -OCH3 is 2. The van der Waals surface area contributed by atoms with Crippen LogP contribution < -0.4 is 0 Å². The molecule has 0 unspecified atom stereocenters. The SMILES string of the molecule is COC(=O)CN(CC(=O)OC)C(=O)CCc1ccccn1. The number of aryl methyl sites for hydroxylation is 1. The van der Waals surface area contributed by atoms with Gasteiger partial charge in [0, 0.05) is 18.3 Å². The molecule has 1 aromatic heterocycles. The molecular weight excluding hydrogens is 276 g/mol. The van der Waals surface area contributed by atoms with Gasteiger partial charge in [0.2, 0.25) is 5.91 Å². The predicted molar refractivity (Wildman–Crippen MR) is 73.2 cm³/mol. The Morgan fingerprint density at radius 1 is 1.10 bits per heavy atom. The van der Waals surface area contributed by atoms with Crippen LogP contribution in [0.2, 0.25) is 0 Å². The van der Waals surface area contributed by atoms with E-state index in [9.17, 15) is 14.4 Å². The summed E-state index contributed by atoms with van der Waals surface area (Å²) in [6.45, 7) is -0.570. The van der Waals surface area contributed by atoms with E-state index in [2.05, 4.69) is 14.5 Å². The Labute approximate surface area is 122 Å². The Morgan fingerprint density at radius 3 is 2.19 bits per heavy atom. The molecule has 0 spiro atoms. The molecule has 0 atom stereocenters. The van der Waals surface area contributed by atoms with E-state index in [1.807, 2.05) is 6.07 Å². The third-order valence-electron chi connectivity index (χ3n) is 2.77. The van der Waals surface area contributed by atoms with E-state index >= 15 is 0 Å². The first-order chi connectivity index (χ1) is 10.1. The standard InChI is InChI=1S/C14H18N2O5/c1-20-13(18)9-16(10-14(19)21-2)12(17)7-6-11-5-3-4-8-15-11/h3-5,8H,6-7,9-10H2,1-2H3. The second-order valence-corrected chi connectivity index (χ2v) is 4.22. The lowest BCUT2D eigenvalue weighted by atomic mass is 10.2. The van der Waals surface area contributed by atoms with Crippen molar-refractivity contribution in [3.05, 3.63) is 30.1 Å². The molecule has 1 amide bonds. The number of esters is 2. The number of carbonyl (C=O) groups excluding carboxylic acids is 3. The van der Waals surface area contributed by atoms with Gasteiger partial charge in [0.15, 0.2) is 0 Å². The molecule has 0 saturated heterocycles. The maximum absolute atomic E-state index is 12.1. The quantitative estimate of drug-likeness (QED) is 0.667. The van der Waals surface area contributed by atoms with Gasteiger partial charge in [-0.1, -0.05) is 6.07 Å². The van der Waals surface area contributed by atoms with Crippen LogP contribution in [-0.4, -0.2) is 55.0 Å². The fourth-order valence-electron chi connectivity index (χ4n) is 1.61. The highest BCUT2D eigenvalue weighted by Gasteiger charge is 2.20. The van der Waals surface area contributed by atoms with Crippen LogP contribution in [0.5, 0.6) is 0 Å². The summed E-state index contributed by atoms with van der Waals surface area (Å²) in [7, 11) is 2.44. The van der Waals surface area contributed by atoms with Crippen molar-refractivity contribution in [1.29, 1.82) is 0 Å². The van der Waals surface area contributed by atoms with Gasteiger partial charge >= 0.3 is 11.9 Å². The van der Waals surface area contributed by atoms with Crippen LogP contribution in [0.3, 0.4) is 0 Å². The van der Waals surface area contributed by atoms with Crippen molar-refractivity contribution in [2.75, 3.05) is 27.3 Å². The summed E-state index contributed by atoms with van der Waals surface area (Å²) >= 11 is 0. The maximum Gasteiger partial charge on any atom is 0.325 e. The fraction of sp³-hybridized carbons (Fsp3) is 0.429. The van der Waals surface area contributed by atoms with E-state index in [-0.39, 0.29) is 25.4 Å². The lowest BCUT2D eigenvalue weighted by molar-refractivity contribution is -0.152.